The molecule has 3 N–H and O–H groups in total. The second-order valence-corrected chi connectivity index (χ2v) is 5.62. The number of nitriles is 1. The molecule has 1 aromatic heterocycles. The molecule has 90 valence electrons. The lowest BCUT2D eigenvalue weighted by Crippen LogP contribution is -2.00. The summed E-state index contributed by atoms with van der Waals surface area (Å²) >= 11 is 5.70. The molecule has 0 saturated heterocycles. The van der Waals surface area contributed by atoms with Crippen molar-refractivity contribution in [3.63, 3.8) is 0 Å². The van der Waals surface area contributed by atoms with Crippen LogP contribution in [0.25, 0.3) is 0 Å². The molecule has 18 heavy (non-hydrogen) atoms. The van der Waals surface area contributed by atoms with E-state index < -0.39 is 0 Å². The molecule has 2 rings (SSSR count). The molecule has 0 radical (unpaired) electrons. The van der Waals surface area contributed by atoms with E-state index in [4.69, 9.17) is 11.0 Å². The number of nitrogens with one attached hydrogen (secondary N) is 1. The molecule has 1 heterocycles. The van der Waals surface area contributed by atoms with Gasteiger partial charge in [-0.25, -0.2) is 4.98 Å². The molecule has 0 fully saturated rings. The van der Waals surface area contributed by atoms with E-state index in [2.05, 4.69) is 48.8 Å². The van der Waals surface area contributed by atoms with Crippen molar-refractivity contribution in [2.24, 2.45) is 0 Å². The van der Waals surface area contributed by atoms with Crippen molar-refractivity contribution in [1.82, 2.24) is 4.98 Å². The van der Waals surface area contributed by atoms with Crippen LogP contribution in [0.2, 0.25) is 0 Å². The average Bonchev–Trinajstić information content (AvgIpc) is 2.34. The Morgan fingerprint density at radius 2 is 2.17 bits per heavy atom. The number of nitrogens with zero attached hydrogens (tertiary/aromatic N) is 2. The fourth-order valence-electron chi connectivity index (χ4n) is 1.37. The summed E-state index contributed by atoms with van der Waals surface area (Å²) in [7, 11) is 0. The van der Waals surface area contributed by atoms with Gasteiger partial charge in [-0.1, -0.05) is 0 Å². The van der Waals surface area contributed by atoms with E-state index in [0.29, 0.717) is 17.1 Å². The van der Waals surface area contributed by atoms with Gasteiger partial charge in [0.05, 0.1) is 16.9 Å². The second-order valence-electron chi connectivity index (χ2n) is 3.52. The molecule has 6 heteroatoms. The SMILES string of the molecule is N#Cc1cnc(Nc2ccc(I)cc2Br)c(N)c1. The second kappa shape index (κ2) is 5.54. The van der Waals surface area contributed by atoms with Crippen LogP contribution in [-0.4, -0.2) is 4.98 Å². The van der Waals surface area contributed by atoms with Gasteiger partial charge in [0.25, 0.3) is 0 Å². The highest BCUT2D eigenvalue weighted by molar-refractivity contribution is 14.1. The Kier molecular flexibility index (Phi) is 4.04. The third kappa shape index (κ3) is 2.91. The maximum absolute atomic E-state index is 8.74. The molecular formula is C12H8BrIN4. The van der Waals surface area contributed by atoms with Crippen LogP contribution >= 0.6 is 38.5 Å². The minimum atomic E-state index is 0.444. The molecule has 0 atom stereocenters. The molecule has 0 aliphatic rings. The zero-order valence-corrected chi connectivity index (χ0v) is 12.9. The van der Waals surface area contributed by atoms with Gasteiger partial charge in [-0.3, -0.25) is 0 Å². The first-order valence-electron chi connectivity index (χ1n) is 4.98. The lowest BCUT2D eigenvalue weighted by molar-refractivity contribution is 1.29. The maximum atomic E-state index is 8.74. The Morgan fingerprint density at radius 3 is 2.78 bits per heavy atom. The molecule has 0 aliphatic carbocycles. The number of nitrogen functional groups attached to an aromatic ring is 1. The number of nitrogens with two attached hydrogens (primary N) is 1. The van der Waals surface area contributed by atoms with E-state index in [1.165, 1.54) is 6.20 Å². The first-order valence-corrected chi connectivity index (χ1v) is 6.85. The maximum Gasteiger partial charge on any atom is 0.153 e. The summed E-state index contributed by atoms with van der Waals surface area (Å²) in [6.07, 6.45) is 1.49. The van der Waals surface area contributed by atoms with Crippen LogP contribution in [0.3, 0.4) is 0 Å². The third-order valence-electron chi connectivity index (χ3n) is 2.23. The Hall–Kier alpha value is -1.33. The van der Waals surface area contributed by atoms with Crippen LogP contribution in [0, 0.1) is 14.9 Å². The molecule has 0 bridgehead atoms. The predicted molar refractivity (Wildman–Crippen MR) is 83.5 cm³/mol. The summed E-state index contributed by atoms with van der Waals surface area (Å²) in [6.45, 7) is 0. The molecule has 0 saturated carbocycles. The molecule has 4 nitrogen and oxygen atoms in total. The monoisotopic (exact) mass is 414 g/mol. The van der Waals surface area contributed by atoms with Crippen molar-refractivity contribution in [3.05, 3.63) is 44.1 Å². The largest absolute Gasteiger partial charge is 0.396 e. The number of rotatable bonds is 2. The molecule has 0 amide bonds. The highest BCUT2D eigenvalue weighted by Gasteiger charge is 2.06. The number of anilines is 3. The van der Waals surface area contributed by atoms with Gasteiger partial charge in [0.1, 0.15) is 6.07 Å². The molecule has 0 unspecified atom stereocenters. The Labute approximate surface area is 126 Å². The minimum absolute atomic E-state index is 0.444. The fourth-order valence-corrected chi connectivity index (χ4v) is 2.76. The number of halogens is 2. The first kappa shape index (κ1) is 13.1. The number of pyridine rings is 1. The number of aromatic nitrogens is 1. The molecule has 0 spiro atoms. The molecular weight excluding hydrogens is 407 g/mol. The van der Waals surface area contributed by atoms with Crippen molar-refractivity contribution < 1.29 is 0 Å². The molecule has 1 aromatic carbocycles. The van der Waals surface area contributed by atoms with Gasteiger partial charge in [0, 0.05) is 14.2 Å². The van der Waals surface area contributed by atoms with Gasteiger partial charge in [-0.2, -0.15) is 5.26 Å². The van der Waals surface area contributed by atoms with Gasteiger partial charge >= 0.3 is 0 Å². The summed E-state index contributed by atoms with van der Waals surface area (Å²) in [4.78, 5) is 4.13. The van der Waals surface area contributed by atoms with Crippen LogP contribution in [0.15, 0.2) is 34.9 Å². The fraction of sp³-hybridized carbons (Fsp3) is 0. The van der Waals surface area contributed by atoms with Crippen LogP contribution in [0.4, 0.5) is 17.2 Å². The number of benzene rings is 1. The Balaban J connectivity index is 2.32. The van der Waals surface area contributed by atoms with E-state index in [1.54, 1.807) is 6.07 Å². The van der Waals surface area contributed by atoms with E-state index in [1.807, 2.05) is 24.3 Å². The summed E-state index contributed by atoms with van der Waals surface area (Å²) < 4.78 is 2.06. The van der Waals surface area contributed by atoms with Gasteiger partial charge in [-0.05, 0) is 62.8 Å². The summed E-state index contributed by atoms with van der Waals surface area (Å²) in [5.41, 5.74) is 7.59. The first-order chi connectivity index (χ1) is 8.60. The zero-order chi connectivity index (χ0) is 13.1. The van der Waals surface area contributed by atoms with E-state index in [0.717, 1.165) is 13.7 Å². The van der Waals surface area contributed by atoms with Gasteiger partial charge in [0.2, 0.25) is 0 Å². The third-order valence-corrected chi connectivity index (χ3v) is 3.56. The summed E-state index contributed by atoms with van der Waals surface area (Å²) in [6, 6.07) is 9.49. The van der Waals surface area contributed by atoms with E-state index in [9.17, 15) is 0 Å². The summed E-state index contributed by atoms with van der Waals surface area (Å²) in [5, 5.41) is 11.9. The van der Waals surface area contributed by atoms with Crippen molar-refractivity contribution in [3.8, 4) is 6.07 Å². The quantitative estimate of drug-likeness (QED) is 0.735. The number of hydrogen-bond donors (Lipinski definition) is 2. The standard InChI is InChI=1S/C12H8BrIN4/c13-9-4-8(14)1-2-11(9)18-12-10(16)3-7(5-15)6-17-12/h1-4,6H,16H2,(H,17,18). The van der Waals surface area contributed by atoms with Crippen LogP contribution < -0.4 is 11.1 Å². The lowest BCUT2D eigenvalue weighted by Gasteiger charge is -2.10. The van der Waals surface area contributed by atoms with E-state index in [-0.39, 0.29) is 0 Å². The minimum Gasteiger partial charge on any atom is -0.396 e. The smallest absolute Gasteiger partial charge is 0.153 e. The van der Waals surface area contributed by atoms with Gasteiger partial charge < -0.3 is 11.1 Å². The van der Waals surface area contributed by atoms with Crippen molar-refractivity contribution in [2.75, 3.05) is 11.1 Å². The highest BCUT2D eigenvalue weighted by Crippen LogP contribution is 2.28. The van der Waals surface area contributed by atoms with Gasteiger partial charge in [0.15, 0.2) is 5.82 Å². The normalized spacial score (nSPS) is 9.83. The van der Waals surface area contributed by atoms with Crippen molar-refractivity contribution in [2.45, 2.75) is 0 Å². The topological polar surface area (TPSA) is 74.7 Å². The Bertz CT molecular complexity index is 636. The predicted octanol–water partition coefficient (Wildman–Crippen LogP) is 3.65. The van der Waals surface area contributed by atoms with E-state index >= 15 is 0 Å². The summed E-state index contributed by atoms with van der Waals surface area (Å²) in [5.74, 6) is 0.538. The van der Waals surface area contributed by atoms with Gasteiger partial charge in [-0.15, -0.1) is 0 Å². The average molecular weight is 415 g/mol. The number of hydrogen-bond acceptors (Lipinski definition) is 4. The highest BCUT2D eigenvalue weighted by atomic mass is 127. The van der Waals surface area contributed by atoms with Crippen molar-refractivity contribution in [1.29, 1.82) is 5.26 Å². The van der Waals surface area contributed by atoms with Crippen molar-refractivity contribution >= 4 is 55.7 Å². The zero-order valence-electron chi connectivity index (χ0n) is 9.11. The Morgan fingerprint density at radius 1 is 1.39 bits per heavy atom. The molecule has 0 aliphatic heterocycles. The lowest BCUT2D eigenvalue weighted by atomic mass is 10.2. The van der Waals surface area contributed by atoms with Crippen LogP contribution in [0.1, 0.15) is 5.56 Å². The van der Waals surface area contributed by atoms with Crippen LogP contribution in [0.5, 0.6) is 0 Å². The molecule has 2 aromatic rings. The van der Waals surface area contributed by atoms with Crippen LogP contribution in [-0.2, 0) is 0 Å².